The number of methoxy groups -OCH3 is 1. The minimum Gasteiger partial charge on any atom is -0.495 e. The third-order valence-corrected chi connectivity index (χ3v) is 5.19. The summed E-state index contributed by atoms with van der Waals surface area (Å²) in [5.74, 6) is -1.16. The lowest BCUT2D eigenvalue weighted by atomic mass is 9.92. The van der Waals surface area contributed by atoms with Gasteiger partial charge in [0.1, 0.15) is 11.6 Å². The molecule has 9 nitrogen and oxygen atoms in total. The number of nitrogens with zero attached hydrogens (tertiary/aromatic N) is 1. The number of carbonyl (C=O) groups is 2. The normalized spacial score (nSPS) is 14.8. The molecule has 4 rings (SSSR count). The van der Waals surface area contributed by atoms with Crippen LogP contribution in [0.4, 0.5) is 23.1 Å². The highest BCUT2D eigenvalue weighted by atomic mass is 16.5. The summed E-state index contributed by atoms with van der Waals surface area (Å²) in [6.07, 6.45) is -0.164. The van der Waals surface area contributed by atoms with Crippen LogP contribution in [0.25, 0.3) is 0 Å². The number of anilines is 4. The van der Waals surface area contributed by atoms with Gasteiger partial charge in [0.25, 0.3) is 5.56 Å². The highest BCUT2D eigenvalue weighted by Gasteiger charge is 2.35. The van der Waals surface area contributed by atoms with Gasteiger partial charge in [0, 0.05) is 12.1 Å². The summed E-state index contributed by atoms with van der Waals surface area (Å²) in [7, 11) is 1.50. The molecule has 2 amide bonds. The van der Waals surface area contributed by atoms with E-state index >= 15 is 0 Å². The number of hydrogen-bond acceptors (Lipinski definition) is 6. The fourth-order valence-corrected chi connectivity index (χ4v) is 3.57. The smallest absolute Gasteiger partial charge is 0.258 e. The van der Waals surface area contributed by atoms with E-state index in [4.69, 9.17) is 4.74 Å². The molecule has 0 radical (unpaired) electrons. The van der Waals surface area contributed by atoms with E-state index in [1.165, 1.54) is 7.11 Å². The number of carbonyl (C=O) groups excluding carboxylic acids is 2. The molecule has 32 heavy (non-hydrogen) atoms. The van der Waals surface area contributed by atoms with Crippen molar-refractivity contribution in [1.82, 2.24) is 9.97 Å². The molecule has 0 bridgehead atoms. The lowest BCUT2D eigenvalue weighted by Crippen LogP contribution is -2.36. The monoisotopic (exact) mass is 433 g/mol. The zero-order valence-corrected chi connectivity index (χ0v) is 17.9. The summed E-state index contributed by atoms with van der Waals surface area (Å²) in [6, 6.07) is 12.9. The summed E-state index contributed by atoms with van der Waals surface area (Å²) in [4.78, 5) is 45.2. The molecule has 0 saturated carbocycles. The van der Waals surface area contributed by atoms with Crippen LogP contribution in [0.5, 0.6) is 5.75 Å². The van der Waals surface area contributed by atoms with E-state index in [0.29, 0.717) is 11.4 Å². The standard InChI is InChI=1S/C23H23N5O4/c1-12-4-7-14(8-5-12)24-23-27-20-19(22(31)28-23)15(11-18(29)26-20)21(30)25-16-10-13(2)6-9-17(16)32-3/h4-10,15H,11H2,1-3H3,(H,25,30)(H3,24,26,27,28,29,31)/t15-/m1/s1. The van der Waals surface area contributed by atoms with Crippen LogP contribution in [0.15, 0.2) is 47.3 Å². The van der Waals surface area contributed by atoms with Crippen molar-refractivity contribution in [1.29, 1.82) is 0 Å². The molecule has 0 spiro atoms. The van der Waals surface area contributed by atoms with Crippen molar-refractivity contribution in [2.45, 2.75) is 26.2 Å². The SMILES string of the molecule is COc1ccc(C)cc1NC(=O)[C@@H]1CC(=O)Nc2nc(Nc3ccc(C)cc3)[nH]c(=O)c21. The van der Waals surface area contributed by atoms with E-state index in [1.807, 2.05) is 44.2 Å². The van der Waals surface area contributed by atoms with Gasteiger partial charge in [-0.1, -0.05) is 23.8 Å². The van der Waals surface area contributed by atoms with Gasteiger partial charge >= 0.3 is 0 Å². The predicted molar refractivity (Wildman–Crippen MR) is 122 cm³/mol. The van der Waals surface area contributed by atoms with Gasteiger partial charge in [0.05, 0.1) is 24.3 Å². The number of fused-ring (bicyclic) bond motifs is 1. The lowest BCUT2D eigenvalue weighted by molar-refractivity contribution is -0.123. The Morgan fingerprint density at radius 3 is 2.53 bits per heavy atom. The molecule has 0 fully saturated rings. The zero-order chi connectivity index (χ0) is 22.8. The zero-order valence-electron chi connectivity index (χ0n) is 17.9. The fourth-order valence-electron chi connectivity index (χ4n) is 3.57. The molecule has 1 aliphatic heterocycles. The van der Waals surface area contributed by atoms with E-state index < -0.39 is 23.3 Å². The second kappa shape index (κ2) is 8.54. The van der Waals surface area contributed by atoms with Crippen molar-refractivity contribution in [3.63, 3.8) is 0 Å². The Morgan fingerprint density at radius 1 is 1.09 bits per heavy atom. The maximum atomic E-state index is 13.1. The minimum absolute atomic E-state index is 0.0657. The van der Waals surface area contributed by atoms with Crippen LogP contribution >= 0.6 is 0 Å². The van der Waals surface area contributed by atoms with Crippen LogP contribution in [-0.4, -0.2) is 28.9 Å². The summed E-state index contributed by atoms with van der Waals surface area (Å²) in [6.45, 7) is 3.85. The number of hydrogen-bond donors (Lipinski definition) is 4. The second-order valence-electron chi connectivity index (χ2n) is 7.67. The first-order valence-electron chi connectivity index (χ1n) is 10.1. The Morgan fingerprint density at radius 2 is 1.81 bits per heavy atom. The fraction of sp³-hybridized carbons (Fsp3) is 0.217. The van der Waals surface area contributed by atoms with Crippen molar-refractivity contribution in [3.05, 3.63) is 69.5 Å². The first-order valence-corrected chi connectivity index (χ1v) is 10.1. The van der Waals surface area contributed by atoms with Crippen LogP contribution in [0.3, 0.4) is 0 Å². The Kier molecular flexibility index (Phi) is 5.63. The summed E-state index contributed by atoms with van der Waals surface area (Å²) < 4.78 is 5.30. The number of benzene rings is 2. The lowest BCUT2D eigenvalue weighted by Gasteiger charge is -2.24. The van der Waals surface area contributed by atoms with Crippen molar-refractivity contribution >= 4 is 35.0 Å². The van der Waals surface area contributed by atoms with Gasteiger partial charge in [0.2, 0.25) is 17.8 Å². The first kappa shape index (κ1) is 21.1. The Labute approximate surface area is 184 Å². The first-order chi connectivity index (χ1) is 15.3. The number of rotatable bonds is 5. The average Bonchev–Trinajstić information content (AvgIpc) is 2.74. The van der Waals surface area contributed by atoms with Crippen LogP contribution in [0.1, 0.15) is 29.0 Å². The van der Waals surface area contributed by atoms with E-state index in [1.54, 1.807) is 12.1 Å². The predicted octanol–water partition coefficient (Wildman–Crippen LogP) is 3.20. The van der Waals surface area contributed by atoms with Crippen LogP contribution in [0, 0.1) is 13.8 Å². The van der Waals surface area contributed by atoms with E-state index in [-0.39, 0.29) is 23.8 Å². The molecule has 9 heteroatoms. The van der Waals surface area contributed by atoms with Gasteiger partial charge in [-0.2, -0.15) is 4.98 Å². The molecule has 0 aliphatic carbocycles. The van der Waals surface area contributed by atoms with E-state index in [0.717, 1.165) is 16.8 Å². The average molecular weight is 433 g/mol. The number of ether oxygens (including phenoxy) is 1. The van der Waals surface area contributed by atoms with Gasteiger partial charge in [-0.15, -0.1) is 0 Å². The van der Waals surface area contributed by atoms with Gasteiger partial charge in [-0.05, 0) is 43.7 Å². The number of nitrogens with one attached hydrogen (secondary N) is 4. The number of H-pyrrole nitrogens is 1. The Bertz CT molecular complexity index is 1250. The molecule has 2 heterocycles. The molecule has 1 atom stereocenters. The molecule has 1 aliphatic rings. The van der Waals surface area contributed by atoms with Gasteiger partial charge < -0.3 is 20.7 Å². The quantitative estimate of drug-likeness (QED) is 0.490. The van der Waals surface area contributed by atoms with Crippen molar-refractivity contribution in [2.75, 3.05) is 23.1 Å². The summed E-state index contributed by atoms with van der Waals surface area (Å²) in [5, 5.41) is 8.39. The highest BCUT2D eigenvalue weighted by Crippen LogP contribution is 2.32. The minimum atomic E-state index is -0.992. The third kappa shape index (κ3) is 4.31. The molecule has 1 aromatic heterocycles. The van der Waals surface area contributed by atoms with E-state index in [2.05, 4.69) is 25.9 Å². The number of aromatic nitrogens is 2. The molecular weight excluding hydrogens is 410 g/mol. The van der Waals surface area contributed by atoms with Crippen LogP contribution < -0.4 is 26.2 Å². The Balaban J connectivity index is 1.65. The summed E-state index contributed by atoms with van der Waals surface area (Å²) >= 11 is 0. The molecule has 4 N–H and O–H groups in total. The van der Waals surface area contributed by atoms with Crippen LogP contribution in [-0.2, 0) is 9.59 Å². The number of aromatic amines is 1. The highest BCUT2D eigenvalue weighted by molar-refractivity contribution is 6.05. The molecule has 164 valence electrons. The molecule has 0 unspecified atom stereocenters. The largest absolute Gasteiger partial charge is 0.495 e. The maximum Gasteiger partial charge on any atom is 0.258 e. The van der Waals surface area contributed by atoms with Gasteiger partial charge in [0.15, 0.2) is 0 Å². The molecule has 0 saturated heterocycles. The third-order valence-electron chi connectivity index (χ3n) is 5.19. The second-order valence-corrected chi connectivity index (χ2v) is 7.67. The van der Waals surface area contributed by atoms with Crippen LogP contribution in [0.2, 0.25) is 0 Å². The van der Waals surface area contributed by atoms with E-state index in [9.17, 15) is 14.4 Å². The summed E-state index contributed by atoms with van der Waals surface area (Å²) in [5.41, 5.74) is 2.82. The van der Waals surface area contributed by atoms with Gasteiger partial charge in [-0.3, -0.25) is 19.4 Å². The molecule has 2 aromatic carbocycles. The Hall–Kier alpha value is -4.14. The maximum absolute atomic E-state index is 13.1. The molecular formula is C23H23N5O4. The van der Waals surface area contributed by atoms with Gasteiger partial charge in [-0.25, -0.2) is 0 Å². The van der Waals surface area contributed by atoms with Crippen molar-refractivity contribution in [2.24, 2.45) is 0 Å². The van der Waals surface area contributed by atoms with Crippen molar-refractivity contribution < 1.29 is 14.3 Å². The number of amides is 2. The van der Waals surface area contributed by atoms with Crippen molar-refractivity contribution in [3.8, 4) is 5.75 Å². The topological polar surface area (TPSA) is 125 Å². The molecule has 3 aromatic rings. The number of aryl methyl sites for hydroxylation is 2.